The van der Waals surface area contributed by atoms with Crippen LogP contribution >= 0.6 is 11.8 Å². The van der Waals surface area contributed by atoms with E-state index < -0.39 is 0 Å². The molecule has 0 saturated heterocycles. The van der Waals surface area contributed by atoms with Gasteiger partial charge in [0.2, 0.25) is 0 Å². The first-order valence-corrected chi connectivity index (χ1v) is 5.14. The minimum Gasteiger partial charge on any atom is -0.395 e. The van der Waals surface area contributed by atoms with Crippen LogP contribution in [0, 0.1) is 10.7 Å². The topological polar surface area (TPSA) is 73.1 Å². The number of thioether (sulfide) groups is 1. The Morgan fingerprint density at radius 2 is 2.13 bits per heavy atom. The molecule has 5 heteroatoms. The minimum atomic E-state index is -0.224. The fourth-order valence-electron chi connectivity index (χ4n) is 0.999. The van der Waals surface area contributed by atoms with Crippen molar-refractivity contribution in [2.24, 2.45) is 0 Å². The Labute approximate surface area is 91.9 Å². The molecule has 4 nitrogen and oxygen atoms in total. The van der Waals surface area contributed by atoms with E-state index in [1.165, 1.54) is 0 Å². The zero-order valence-electron chi connectivity index (χ0n) is 7.93. The van der Waals surface area contributed by atoms with E-state index in [1.807, 2.05) is 5.40 Å². The Morgan fingerprint density at radius 3 is 2.67 bits per heavy atom. The lowest BCUT2D eigenvalue weighted by molar-refractivity contribution is 0.0944. The van der Waals surface area contributed by atoms with E-state index in [1.54, 1.807) is 24.3 Å². The molecular formula is C10H10N2O2S. The predicted molar refractivity (Wildman–Crippen MR) is 57.3 cm³/mol. The predicted octanol–water partition coefficient (Wildman–Crippen LogP) is 0.982. The summed E-state index contributed by atoms with van der Waals surface area (Å²) in [6.45, 7) is 0.168. The fraction of sp³-hybridized carbons (Fsp3) is 0.200. The molecule has 78 valence electrons. The number of aliphatic hydroxyl groups excluding tert-OH is 1. The number of nitriles is 1. The number of amides is 1. The van der Waals surface area contributed by atoms with Gasteiger partial charge in [-0.25, -0.2) is 0 Å². The van der Waals surface area contributed by atoms with Gasteiger partial charge in [0, 0.05) is 17.0 Å². The Balaban J connectivity index is 2.63. The van der Waals surface area contributed by atoms with Crippen molar-refractivity contribution in [3.8, 4) is 5.40 Å². The lowest BCUT2D eigenvalue weighted by atomic mass is 10.2. The van der Waals surface area contributed by atoms with Crippen LogP contribution in [-0.2, 0) is 0 Å². The molecule has 0 bridgehead atoms. The van der Waals surface area contributed by atoms with E-state index in [2.05, 4.69) is 5.32 Å². The SMILES string of the molecule is N#CSc1ccc(C(=O)NCCO)cc1. The normalized spacial score (nSPS) is 9.33. The smallest absolute Gasteiger partial charge is 0.251 e. The van der Waals surface area contributed by atoms with Gasteiger partial charge in [0.05, 0.1) is 6.61 Å². The number of hydrogen-bond donors (Lipinski definition) is 2. The molecule has 15 heavy (non-hydrogen) atoms. The first-order chi connectivity index (χ1) is 7.27. The summed E-state index contributed by atoms with van der Waals surface area (Å²) in [7, 11) is 0. The molecule has 2 N–H and O–H groups in total. The molecule has 0 heterocycles. The number of aliphatic hydroxyl groups is 1. The highest BCUT2D eigenvalue weighted by Crippen LogP contribution is 2.16. The molecule has 0 aromatic heterocycles. The van der Waals surface area contributed by atoms with Crippen LogP contribution in [0.1, 0.15) is 10.4 Å². The van der Waals surface area contributed by atoms with Crippen LogP contribution in [0.25, 0.3) is 0 Å². The van der Waals surface area contributed by atoms with Gasteiger partial charge in [-0.3, -0.25) is 4.79 Å². The van der Waals surface area contributed by atoms with Crippen molar-refractivity contribution in [3.63, 3.8) is 0 Å². The monoisotopic (exact) mass is 222 g/mol. The summed E-state index contributed by atoms with van der Waals surface area (Å²) in [4.78, 5) is 12.2. The van der Waals surface area contributed by atoms with Crippen molar-refractivity contribution in [3.05, 3.63) is 29.8 Å². The van der Waals surface area contributed by atoms with Gasteiger partial charge in [-0.2, -0.15) is 5.26 Å². The van der Waals surface area contributed by atoms with E-state index in [9.17, 15) is 4.79 Å². The number of benzene rings is 1. The highest BCUT2D eigenvalue weighted by molar-refractivity contribution is 8.03. The highest BCUT2D eigenvalue weighted by Gasteiger charge is 2.03. The summed E-state index contributed by atoms with van der Waals surface area (Å²) >= 11 is 1.05. The maximum atomic E-state index is 11.4. The second kappa shape index (κ2) is 6.06. The summed E-state index contributed by atoms with van der Waals surface area (Å²) in [5, 5.41) is 21.4. The second-order valence-electron chi connectivity index (χ2n) is 2.70. The highest BCUT2D eigenvalue weighted by atomic mass is 32.2. The van der Waals surface area contributed by atoms with Gasteiger partial charge in [-0.1, -0.05) is 0 Å². The lowest BCUT2D eigenvalue weighted by Crippen LogP contribution is -2.26. The molecule has 0 unspecified atom stereocenters. The fourth-order valence-corrected chi connectivity index (χ4v) is 1.38. The summed E-state index contributed by atoms with van der Waals surface area (Å²) in [6.07, 6.45) is 0. The second-order valence-corrected chi connectivity index (χ2v) is 3.56. The van der Waals surface area contributed by atoms with E-state index in [0.29, 0.717) is 5.56 Å². The van der Waals surface area contributed by atoms with Crippen molar-refractivity contribution in [1.29, 1.82) is 5.26 Å². The molecular weight excluding hydrogens is 212 g/mol. The molecule has 0 fully saturated rings. The third kappa shape index (κ3) is 3.62. The number of nitrogens with zero attached hydrogens (tertiary/aromatic N) is 1. The van der Waals surface area contributed by atoms with Crippen LogP contribution < -0.4 is 5.32 Å². The van der Waals surface area contributed by atoms with Gasteiger partial charge in [0.25, 0.3) is 5.91 Å². The van der Waals surface area contributed by atoms with Crippen LogP contribution in [0.15, 0.2) is 29.2 Å². The molecule has 1 aromatic rings. The number of carbonyl (C=O) groups is 1. The molecule has 0 aliphatic carbocycles. The van der Waals surface area contributed by atoms with Crippen molar-refractivity contribution >= 4 is 17.7 Å². The van der Waals surface area contributed by atoms with E-state index in [0.717, 1.165) is 16.7 Å². The van der Waals surface area contributed by atoms with Crippen molar-refractivity contribution in [1.82, 2.24) is 5.32 Å². The van der Waals surface area contributed by atoms with Gasteiger partial charge in [-0.05, 0) is 36.0 Å². The molecule has 0 spiro atoms. The molecule has 0 atom stereocenters. The van der Waals surface area contributed by atoms with Crippen molar-refractivity contribution < 1.29 is 9.90 Å². The van der Waals surface area contributed by atoms with Gasteiger partial charge in [0.1, 0.15) is 5.40 Å². The molecule has 0 saturated carbocycles. The summed E-state index contributed by atoms with van der Waals surface area (Å²) < 4.78 is 0. The number of rotatable bonds is 4. The molecule has 1 rings (SSSR count). The Bertz CT molecular complexity index is 370. The Hall–Kier alpha value is -1.51. The third-order valence-electron chi connectivity index (χ3n) is 1.68. The number of thiocyanates is 1. The quantitative estimate of drug-likeness (QED) is 0.588. The average molecular weight is 222 g/mol. The van der Waals surface area contributed by atoms with E-state index >= 15 is 0 Å². The number of carbonyl (C=O) groups excluding carboxylic acids is 1. The summed E-state index contributed by atoms with van der Waals surface area (Å²) in [5.74, 6) is -0.224. The van der Waals surface area contributed by atoms with Gasteiger partial charge in [0.15, 0.2) is 0 Å². The van der Waals surface area contributed by atoms with E-state index in [4.69, 9.17) is 10.4 Å². The maximum absolute atomic E-state index is 11.4. The molecule has 0 radical (unpaired) electrons. The number of nitrogens with one attached hydrogen (secondary N) is 1. The number of hydrogen-bond acceptors (Lipinski definition) is 4. The molecule has 0 aliphatic heterocycles. The van der Waals surface area contributed by atoms with Gasteiger partial charge < -0.3 is 10.4 Å². The maximum Gasteiger partial charge on any atom is 0.251 e. The molecule has 1 amide bonds. The zero-order chi connectivity index (χ0) is 11.1. The van der Waals surface area contributed by atoms with Crippen LogP contribution in [0.4, 0.5) is 0 Å². The average Bonchev–Trinajstić information content (AvgIpc) is 2.27. The van der Waals surface area contributed by atoms with Crippen LogP contribution in [0.5, 0.6) is 0 Å². The zero-order valence-corrected chi connectivity index (χ0v) is 8.75. The molecule has 1 aromatic carbocycles. The summed E-state index contributed by atoms with van der Waals surface area (Å²) in [5.41, 5.74) is 0.519. The third-order valence-corrected chi connectivity index (χ3v) is 2.28. The largest absolute Gasteiger partial charge is 0.395 e. The van der Waals surface area contributed by atoms with E-state index in [-0.39, 0.29) is 19.1 Å². The Kier molecular flexibility index (Phi) is 4.68. The standard InChI is InChI=1S/C10H10N2O2S/c11-7-15-9-3-1-8(2-4-9)10(14)12-5-6-13/h1-4,13H,5-6H2,(H,12,14). The Morgan fingerprint density at radius 1 is 1.47 bits per heavy atom. The van der Waals surface area contributed by atoms with Gasteiger partial charge in [-0.15, -0.1) is 0 Å². The molecule has 0 aliphatic rings. The van der Waals surface area contributed by atoms with Crippen LogP contribution in [-0.4, -0.2) is 24.2 Å². The summed E-state index contributed by atoms with van der Waals surface area (Å²) in [6, 6.07) is 6.71. The minimum absolute atomic E-state index is 0.0753. The van der Waals surface area contributed by atoms with Crippen LogP contribution in [0.2, 0.25) is 0 Å². The first-order valence-electron chi connectivity index (χ1n) is 4.33. The lowest BCUT2D eigenvalue weighted by Gasteiger charge is -2.02. The van der Waals surface area contributed by atoms with Crippen molar-refractivity contribution in [2.45, 2.75) is 4.90 Å². The van der Waals surface area contributed by atoms with Gasteiger partial charge >= 0.3 is 0 Å². The first kappa shape index (κ1) is 11.6. The van der Waals surface area contributed by atoms with Crippen LogP contribution in [0.3, 0.4) is 0 Å². The van der Waals surface area contributed by atoms with Crippen molar-refractivity contribution in [2.75, 3.05) is 13.2 Å².